The predicted octanol–water partition coefficient (Wildman–Crippen LogP) is 3.96. The van der Waals surface area contributed by atoms with Crippen LogP contribution < -0.4 is 4.90 Å². The number of thiazole rings is 1. The lowest BCUT2D eigenvalue weighted by Crippen LogP contribution is -2.35. The minimum atomic E-state index is 0.718. The number of para-hydroxylation sites is 1. The summed E-state index contributed by atoms with van der Waals surface area (Å²) in [6, 6.07) is 12.3. The second kappa shape index (κ2) is 8.97. The molecule has 0 bridgehead atoms. The van der Waals surface area contributed by atoms with Gasteiger partial charge in [0.2, 0.25) is 0 Å². The van der Waals surface area contributed by atoms with Gasteiger partial charge in [-0.2, -0.15) is 5.10 Å². The van der Waals surface area contributed by atoms with Gasteiger partial charge in [-0.25, -0.2) is 14.6 Å². The average molecular weight is 449 g/mol. The number of benzene rings is 1. The van der Waals surface area contributed by atoms with Crippen LogP contribution in [0.25, 0.3) is 16.7 Å². The van der Waals surface area contributed by atoms with Crippen LogP contribution in [0.1, 0.15) is 22.0 Å². The molecule has 1 aliphatic rings. The van der Waals surface area contributed by atoms with Gasteiger partial charge in [0.25, 0.3) is 0 Å². The van der Waals surface area contributed by atoms with Crippen LogP contribution in [0.3, 0.4) is 0 Å². The molecule has 1 aliphatic heterocycles. The fourth-order valence-corrected chi connectivity index (χ4v) is 5.03. The summed E-state index contributed by atoms with van der Waals surface area (Å²) in [6.07, 6.45) is 0. The molecule has 1 aromatic carbocycles. The zero-order valence-corrected chi connectivity index (χ0v) is 19.6. The summed E-state index contributed by atoms with van der Waals surface area (Å²) < 4.78 is 7.39. The third-order valence-electron chi connectivity index (χ3n) is 5.85. The molecule has 3 aromatic heterocycles. The van der Waals surface area contributed by atoms with Gasteiger partial charge in [-0.3, -0.25) is 4.90 Å². The van der Waals surface area contributed by atoms with Gasteiger partial charge in [-0.1, -0.05) is 18.2 Å². The quantitative estimate of drug-likeness (QED) is 0.445. The molecule has 8 heteroatoms. The number of ether oxygens (including phenoxy) is 1. The predicted molar refractivity (Wildman–Crippen MR) is 129 cm³/mol. The molecular weight excluding hydrogens is 420 g/mol. The Morgan fingerprint density at radius 2 is 1.88 bits per heavy atom. The van der Waals surface area contributed by atoms with E-state index in [2.05, 4.69) is 47.4 Å². The number of hydrogen-bond acceptors (Lipinski definition) is 7. The summed E-state index contributed by atoms with van der Waals surface area (Å²) >= 11 is 1.73. The highest BCUT2D eigenvalue weighted by Gasteiger charge is 2.17. The second-order valence-corrected chi connectivity index (χ2v) is 9.25. The van der Waals surface area contributed by atoms with Crippen LogP contribution >= 0.6 is 11.3 Å². The van der Waals surface area contributed by atoms with Crippen molar-refractivity contribution in [3.8, 4) is 5.69 Å². The molecule has 0 unspecified atom stereocenters. The molecular formula is C24H28N6OS. The molecule has 5 rings (SSSR count). The summed E-state index contributed by atoms with van der Waals surface area (Å²) in [6.45, 7) is 9.38. The number of nitrogens with zero attached hydrogens (tertiary/aromatic N) is 6. The molecule has 1 saturated heterocycles. The SMILES string of the molecule is Cc1cc(N(C)Cc2csc(CN3CCOCC3)n2)nc2c1c(C)nn2-c1ccccc1. The molecule has 32 heavy (non-hydrogen) atoms. The van der Waals surface area contributed by atoms with Crippen molar-refractivity contribution in [2.75, 3.05) is 38.3 Å². The van der Waals surface area contributed by atoms with Gasteiger partial charge in [0.15, 0.2) is 5.65 Å². The largest absolute Gasteiger partial charge is 0.379 e. The number of fused-ring (bicyclic) bond motifs is 1. The fraction of sp³-hybridized carbons (Fsp3) is 0.375. The van der Waals surface area contributed by atoms with Crippen LogP contribution in [-0.4, -0.2) is 58.0 Å². The number of aromatic nitrogens is 4. The van der Waals surface area contributed by atoms with E-state index >= 15 is 0 Å². The molecule has 0 aliphatic carbocycles. The third-order valence-corrected chi connectivity index (χ3v) is 6.73. The highest BCUT2D eigenvalue weighted by molar-refractivity contribution is 7.09. The summed E-state index contributed by atoms with van der Waals surface area (Å²) in [5.74, 6) is 0.926. The Morgan fingerprint density at radius 1 is 1.09 bits per heavy atom. The zero-order chi connectivity index (χ0) is 22.1. The fourth-order valence-electron chi connectivity index (χ4n) is 4.20. The maximum atomic E-state index is 5.44. The molecule has 0 radical (unpaired) electrons. The minimum absolute atomic E-state index is 0.718. The van der Waals surface area contributed by atoms with Crippen molar-refractivity contribution >= 4 is 28.2 Å². The summed E-state index contributed by atoms with van der Waals surface area (Å²) in [5.41, 5.74) is 5.16. The number of aryl methyl sites for hydroxylation is 2. The summed E-state index contributed by atoms with van der Waals surface area (Å²) in [7, 11) is 2.07. The van der Waals surface area contributed by atoms with Crippen LogP contribution in [-0.2, 0) is 17.8 Å². The van der Waals surface area contributed by atoms with E-state index in [1.54, 1.807) is 11.3 Å². The Labute approximate surface area is 192 Å². The van der Waals surface area contributed by atoms with E-state index in [4.69, 9.17) is 19.8 Å². The number of pyridine rings is 1. The summed E-state index contributed by atoms with van der Waals surface area (Å²) in [5, 5.41) is 9.22. The standard InChI is InChI=1S/C24H28N6OS/c1-17-13-21(26-24-23(17)18(2)27-30(24)20-7-5-4-6-8-20)28(3)14-19-16-32-22(25-19)15-29-9-11-31-12-10-29/h4-8,13,16H,9-12,14-15H2,1-3H3. The molecule has 0 amide bonds. The van der Waals surface area contributed by atoms with E-state index in [9.17, 15) is 0 Å². The molecule has 1 fully saturated rings. The molecule has 0 spiro atoms. The number of anilines is 1. The van der Waals surface area contributed by atoms with Gasteiger partial charge < -0.3 is 9.64 Å². The lowest BCUT2D eigenvalue weighted by molar-refractivity contribution is 0.0341. The van der Waals surface area contributed by atoms with E-state index in [1.165, 1.54) is 5.56 Å². The van der Waals surface area contributed by atoms with Gasteiger partial charge in [0.1, 0.15) is 10.8 Å². The topological polar surface area (TPSA) is 59.3 Å². The molecule has 4 heterocycles. The first kappa shape index (κ1) is 21.1. The number of morpholine rings is 1. The van der Waals surface area contributed by atoms with Crippen LogP contribution in [0.5, 0.6) is 0 Å². The maximum absolute atomic E-state index is 5.44. The van der Waals surface area contributed by atoms with Crippen molar-refractivity contribution in [1.29, 1.82) is 0 Å². The Kier molecular flexibility index (Phi) is 5.91. The van der Waals surface area contributed by atoms with Crippen LogP contribution in [0.15, 0.2) is 41.8 Å². The third kappa shape index (κ3) is 4.26. The molecule has 4 aromatic rings. The van der Waals surface area contributed by atoms with Gasteiger partial charge in [0, 0.05) is 30.9 Å². The van der Waals surface area contributed by atoms with Gasteiger partial charge in [0.05, 0.1) is 43.4 Å². The first-order valence-corrected chi connectivity index (χ1v) is 11.8. The minimum Gasteiger partial charge on any atom is -0.379 e. The smallest absolute Gasteiger partial charge is 0.165 e. The molecule has 166 valence electrons. The Bertz CT molecular complexity index is 1210. The average Bonchev–Trinajstić information content (AvgIpc) is 3.39. The van der Waals surface area contributed by atoms with Crippen LogP contribution in [0.4, 0.5) is 5.82 Å². The van der Waals surface area contributed by atoms with E-state index in [0.717, 1.165) is 78.3 Å². The van der Waals surface area contributed by atoms with Crippen molar-refractivity contribution in [2.24, 2.45) is 0 Å². The Balaban J connectivity index is 1.38. The Morgan fingerprint density at radius 3 is 2.66 bits per heavy atom. The highest BCUT2D eigenvalue weighted by Crippen LogP contribution is 2.27. The van der Waals surface area contributed by atoms with E-state index in [1.807, 2.05) is 29.8 Å². The molecule has 0 saturated carbocycles. The van der Waals surface area contributed by atoms with Crippen molar-refractivity contribution in [3.63, 3.8) is 0 Å². The van der Waals surface area contributed by atoms with Crippen molar-refractivity contribution in [2.45, 2.75) is 26.9 Å². The van der Waals surface area contributed by atoms with Gasteiger partial charge in [-0.15, -0.1) is 11.3 Å². The lowest BCUT2D eigenvalue weighted by Gasteiger charge is -2.25. The van der Waals surface area contributed by atoms with Crippen LogP contribution in [0, 0.1) is 13.8 Å². The van der Waals surface area contributed by atoms with E-state index in [-0.39, 0.29) is 0 Å². The number of rotatable bonds is 6. The lowest BCUT2D eigenvalue weighted by atomic mass is 10.1. The first-order chi connectivity index (χ1) is 15.6. The van der Waals surface area contributed by atoms with E-state index < -0.39 is 0 Å². The number of hydrogen-bond donors (Lipinski definition) is 0. The van der Waals surface area contributed by atoms with Crippen molar-refractivity contribution in [3.05, 3.63) is 63.7 Å². The molecule has 0 N–H and O–H groups in total. The normalized spacial score (nSPS) is 14.8. The van der Waals surface area contributed by atoms with Gasteiger partial charge >= 0.3 is 0 Å². The first-order valence-electron chi connectivity index (χ1n) is 11.0. The second-order valence-electron chi connectivity index (χ2n) is 8.31. The Hall–Kier alpha value is -2.81. The van der Waals surface area contributed by atoms with Crippen molar-refractivity contribution < 1.29 is 4.74 Å². The van der Waals surface area contributed by atoms with E-state index in [0.29, 0.717) is 0 Å². The highest BCUT2D eigenvalue weighted by atomic mass is 32.1. The summed E-state index contributed by atoms with van der Waals surface area (Å²) in [4.78, 5) is 14.5. The van der Waals surface area contributed by atoms with Gasteiger partial charge in [-0.05, 0) is 37.6 Å². The molecule has 7 nitrogen and oxygen atoms in total. The van der Waals surface area contributed by atoms with Crippen molar-refractivity contribution in [1.82, 2.24) is 24.6 Å². The maximum Gasteiger partial charge on any atom is 0.165 e. The van der Waals surface area contributed by atoms with Crippen LogP contribution in [0.2, 0.25) is 0 Å². The monoisotopic (exact) mass is 448 g/mol. The molecule has 0 atom stereocenters. The zero-order valence-electron chi connectivity index (χ0n) is 18.8.